The number of hydrazine groups is 1. The average Bonchev–Trinajstić information content (AvgIpc) is 3.10. The third-order valence-electron chi connectivity index (χ3n) is 3.33. The van der Waals surface area contributed by atoms with Crippen molar-refractivity contribution >= 4 is 17.2 Å². The van der Waals surface area contributed by atoms with Crippen molar-refractivity contribution in [3.8, 4) is 11.5 Å². The molecule has 1 saturated carbocycles. The average molecular weight is 261 g/mol. The molecule has 0 amide bonds. The van der Waals surface area contributed by atoms with E-state index in [4.69, 9.17) is 5.84 Å². The molecule has 2 heterocycles. The van der Waals surface area contributed by atoms with Crippen LogP contribution < -0.4 is 11.3 Å². The molecule has 0 aromatic carbocycles. The number of nitrogens with zero attached hydrogens (tertiary/aromatic N) is 3. The van der Waals surface area contributed by atoms with Gasteiger partial charge in [0, 0.05) is 23.1 Å². The molecule has 0 unspecified atom stereocenters. The summed E-state index contributed by atoms with van der Waals surface area (Å²) < 4.78 is 0. The Morgan fingerprint density at radius 3 is 2.78 bits per heavy atom. The Labute approximate surface area is 109 Å². The molecule has 2 aromatic heterocycles. The number of thiazole rings is 1. The molecule has 94 valence electrons. The van der Waals surface area contributed by atoms with E-state index in [1.165, 1.54) is 25.7 Å². The van der Waals surface area contributed by atoms with Crippen LogP contribution in [-0.2, 0) is 0 Å². The van der Waals surface area contributed by atoms with Gasteiger partial charge in [0.25, 0.3) is 0 Å². The first-order valence-corrected chi connectivity index (χ1v) is 7.05. The summed E-state index contributed by atoms with van der Waals surface area (Å²) in [5.41, 5.74) is 6.30. The highest BCUT2D eigenvalue weighted by Crippen LogP contribution is 2.34. The Kier molecular flexibility index (Phi) is 3.21. The van der Waals surface area contributed by atoms with E-state index >= 15 is 0 Å². The number of hydrogen-bond acceptors (Lipinski definition) is 6. The molecule has 2 aromatic rings. The van der Waals surface area contributed by atoms with E-state index in [-0.39, 0.29) is 0 Å². The third kappa shape index (κ3) is 2.21. The van der Waals surface area contributed by atoms with Gasteiger partial charge in [-0.05, 0) is 12.8 Å². The number of nitrogen functional groups attached to an aromatic ring is 1. The highest BCUT2D eigenvalue weighted by atomic mass is 32.1. The second kappa shape index (κ2) is 4.99. The molecule has 0 atom stereocenters. The lowest BCUT2D eigenvalue weighted by Crippen LogP contribution is -2.11. The Balaban J connectivity index is 2.01. The molecule has 1 aliphatic rings. The molecule has 1 aliphatic carbocycles. The van der Waals surface area contributed by atoms with Crippen LogP contribution in [0, 0.1) is 0 Å². The topological polar surface area (TPSA) is 76.7 Å². The monoisotopic (exact) mass is 261 g/mol. The molecule has 0 aliphatic heterocycles. The van der Waals surface area contributed by atoms with Crippen LogP contribution in [0.25, 0.3) is 11.5 Å². The maximum absolute atomic E-state index is 5.48. The van der Waals surface area contributed by atoms with Crippen LogP contribution in [0.4, 0.5) is 5.82 Å². The van der Waals surface area contributed by atoms with Crippen molar-refractivity contribution in [2.45, 2.75) is 31.6 Å². The number of hydrogen-bond donors (Lipinski definition) is 2. The summed E-state index contributed by atoms with van der Waals surface area (Å²) >= 11 is 1.54. The summed E-state index contributed by atoms with van der Waals surface area (Å²) in [7, 11) is 0. The van der Waals surface area contributed by atoms with Gasteiger partial charge in [0.05, 0.1) is 5.51 Å². The van der Waals surface area contributed by atoms with Crippen LogP contribution in [0.2, 0.25) is 0 Å². The molecular formula is C12H15N5S. The first kappa shape index (κ1) is 11.6. The van der Waals surface area contributed by atoms with Crippen molar-refractivity contribution < 1.29 is 0 Å². The Hall–Kier alpha value is -1.53. The summed E-state index contributed by atoms with van der Waals surface area (Å²) in [6, 6.07) is 1.95. The van der Waals surface area contributed by atoms with Gasteiger partial charge in [-0.2, -0.15) is 0 Å². The van der Waals surface area contributed by atoms with Crippen molar-refractivity contribution in [1.29, 1.82) is 0 Å². The van der Waals surface area contributed by atoms with E-state index in [9.17, 15) is 0 Å². The smallest absolute Gasteiger partial charge is 0.181 e. The highest BCUT2D eigenvalue weighted by Gasteiger charge is 2.20. The van der Waals surface area contributed by atoms with Gasteiger partial charge in [-0.15, -0.1) is 11.3 Å². The molecule has 0 bridgehead atoms. The Bertz CT molecular complexity index is 519. The van der Waals surface area contributed by atoms with Crippen molar-refractivity contribution in [2.75, 3.05) is 5.43 Å². The minimum Gasteiger partial charge on any atom is -0.308 e. The zero-order valence-corrected chi connectivity index (χ0v) is 10.8. The van der Waals surface area contributed by atoms with Crippen LogP contribution >= 0.6 is 11.3 Å². The molecule has 1 fully saturated rings. The SMILES string of the molecule is NNc1cc(C2CCCC2)nc(-c2cscn2)n1. The maximum atomic E-state index is 5.48. The minimum atomic E-state index is 0.539. The van der Waals surface area contributed by atoms with Gasteiger partial charge >= 0.3 is 0 Å². The summed E-state index contributed by atoms with van der Waals surface area (Å²) in [6.07, 6.45) is 4.98. The van der Waals surface area contributed by atoms with Crippen molar-refractivity contribution in [3.63, 3.8) is 0 Å². The largest absolute Gasteiger partial charge is 0.308 e. The first-order valence-electron chi connectivity index (χ1n) is 6.11. The fraction of sp³-hybridized carbons (Fsp3) is 0.417. The predicted molar refractivity (Wildman–Crippen MR) is 72.2 cm³/mol. The van der Waals surface area contributed by atoms with Crippen LogP contribution in [0.15, 0.2) is 17.0 Å². The number of anilines is 1. The van der Waals surface area contributed by atoms with Crippen LogP contribution in [0.1, 0.15) is 37.3 Å². The van der Waals surface area contributed by atoms with E-state index in [0.29, 0.717) is 17.6 Å². The Morgan fingerprint density at radius 1 is 1.28 bits per heavy atom. The second-order valence-electron chi connectivity index (χ2n) is 4.50. The van der Waals surface area contributed by atoms with Gasteiger partial charge in [-0.25, -0.2) is 20.8 Å². The van der Waals surface area contributed by atoms with E-state index in [2.05, 4.69) is 20.4 Å². The molecule has 3 N–H and O–H groups in total. The molecule has 0 saturated heterocycles. The van der Waals surface area contributed by atoms with Crippen LogP contribution in [-0.4, -0.2) is 15.0 Å². The molecule has 6 heteroatoms. The summed E-state index contributed by atoms with van der Waals surface area (Å²) in [5.74, 6) is 7.34. The normalized spacial score (nSPS) is 16.1. The van der Waals surface area contributed by atoms with Crippen LogP contribution in [0.5, 0.6) is 0 Å². The second-order valence-corrected chi connectivity index (χ2v) is 5.22. The van der Waals surface area contributed by atoms with Gasteiger partial charge in [0.15, 0.2) is 5.82 Å². The van der Waals surface area contributed by atoms with Crippen molar-refractivity contribution in [3.05, 3.63) is 22.7 Å². The highest BCUT2D eigenvalue weighted by molar-refractivity contribution is 7.07. The summed E-state index contributed by atoms with van der Waals surface area (Å²) in [5, 5.41) is 1.95. The van der Waals surface area contributed by atoms with Gasteiger partial charge in [0.2, 0.25) is 0 Å². The fourth-order valence-corrected chi connectivity index (χ4v) is 2.94. The number of aromatic nitrogens is 3. The molecule has 18 heavy (non-hydrogen) atoms. The molecule has 0 radical (unpaired) electrons. The lowest BCUT2D eigenvalue weighted by atomic mass is 10.0. The summed E-state index contributed by atoms with van der Waals surface area (Å²) in [4.78, 5) is 13.3. The quantitative estimate of drug-likeness (QED) is 0.656. The third-order valence-corrected chi connectivity index (χ3v) is 3.92. The zero-order valence-electron chi connectivity index (χ0n) is 9.97. The molecule has 0 spiro atoms. The molecule has 5 nitrogen and oxygen atoms in total. The number of nitrogens with two attached hydrogens (primary N) is 1. The summed E-state index contributed by atoms with van der Waals surface area (Å²) in [6.45, 7) is 0. The van der Waals surface area contributed by atoms with E-state index in [1.54, 1.807) is 16.8 Å². The fourth-order valence-electron chi connectivity index (χ4n) is 2.41. The van der Waals surface area contributed by atoms with Crippen molar-refractivity contribution in [1.82, 2.24) is 15.0 Å². The lowest BCUT2D eigenvalue weighted by molar-refractivity contribution is 0.695. The van der Waals surface area contributed by atoms with E-state index < -0.39 is 0 Å². The minimum absolute atomic E-state index is 0.539. The van der Waals surface area contributed by atoms with E-state index in [1.807, 2.05) is 11.4 Å². The van der Waals surface area contributed by atoms with Gasteiger partial charge in [-0.1, -0.05) is 12.8 Å². The van der Waals surface area contributed by atoms with Gasteiger partial charge < -0.3 is 5.43 Å². The number of nitrogens with one attached hydrogen (secondary N) is 1. The molecular weight excluding hydrogens is 246 g/mol. The van der Waals surface area contributed by atoms with Crippen LogP contribution in [0.3, 0.4) is 0 Å². The lowest BCUT2D eigenvalue weighted by Gasteiger charge is -2.11. The zero-order chi connectivity index (χ0) is 12.4. The van der Waals surface area contributed by atoms with E-state index in [0.717, 1.165) is 11.4 Å². The van der Waals surface area contributed by atoms with Gasteiger partial charge in [0.1, 0.15) is 11.5 Å². The Morgan fingerprint density at radius 2 is 2.11 bits per heavy atom. The predicted octanol–water partition coefficient (Wildman–Crippen LogP) is 2.54. The van der Waals surface area contributed by atoms with Gasteiger partial charge in [-0.3, -0.25) is 0 Å². The maximum Gasteiger partial charge on any atom is 0.181 e. The molecule has 3 rings (SSSR count). The first-order chi connectivity index (χ1) is 8.86. The standard InChI is InChI=1S/C12H15N5S/c13-17-11-5-9(8-3-1-2-4-8)15-12(16-11)10-6-18-7-14-10/h5-8H,1-4,13H2,(H,15,16,17). The number of rotatable bonds is 3. The van der Waals surface area contributed by atoms with Crippen molar-refractivity contribution in [2.24, 2.45) is 5.84 Å².